The molecule has 1 amide bonds. The van der Waals surface area contributed by atoms with E-state index in [4.69, 9.17) is 10.5 Å². The van der Waals surface area contributed by atoms with E-state index < -0.39 is 0 Å². The fourth-order valence-corrected chi connectivity index (χ4v) is 1.53. The minimum absolute atomic E-state index is 0.0645. The van der Waals surface area contributed by atoms with Crippen LogP contribution < -0.4 is 11.1 Å². The molecule has 0 aromatic carbocycles. The van der Waals surface area contributed by atoms with Gasteiger partial charge in [0.15, 0.2) is 11.5 Å². The van der Waals surface area contributed by atoms with Crippen molar-refractivity contribution in [3.8, 4) is 0 Å². The molecule has 0 aliphatic rings. The maximum atomic E-state index is 11.6. The zero-order valence-corrected chi connectivity index (χ0v) is 11.4. The number of carbonyl (C=O) groups excluding carboxylic acids is 1. The highest BCUT2D eigenvalue weighted by molar-refractivity contribution is 5.96. The molecule has 0 aliphatic heterocycles. The molecule has 3 N–H and O–H groups in total. The zero-order valence-electron chi connectivity index (χ0n) is 11.4. The number of hydrogen-bond donors (Lipinski definition) is 2. The summed E-state index contributed by atoms with van der Waals surface area (Å²) in [7, 11) is 1.51. The van der Waals surface area contributed by atoms with Crippen molar-refractivity contribution in [1.29, 1.82) is 0 Å². The molecule has 0 bridgehead atoms. The van der Waals surface area contributed by atoms with E-state index in [1.54, 1.807) is 6.92 Å². The second-order valence-electron chi connectivity index (χ2n) is 3.73. The SMILES string of the molecule is C=CO/C(=C/CC)c1nc(N)c(C(=O)NC)nc1C. The van der Waals surface area contributed by atoms with Gasteiger partial charge in [-0.15, -0.1) is 0 Å². The van der Waals surface area contributed by atoms with Crippen molar-refractivity contribution in [2.75, 3.05) is 12.8 Å². The predicted molar refractivity (Wildman–Crippen MR) is 74.1 cm³/mol. The lowest BCUT2D eigenvalue weighted by molar-refractivity contribution is 0.0958. The number of allylic oxidation sites excluding steroid dienone is 1. The number of nitrogens with two attached hydrogens (primary N) is 1. The Labute approximate surface area is 112 Å². The number of carbonyl (C=O) groups is 1. The monoisotopic (exact) mass is 262 g/mol. The van der Waals surface area contributed by atoms with Gasteiger partial charge in [0.1, 0.15) is 11.5 Å². The second kappa shape index (κ2) is 6.53. The lowest BCUT2D eigenvalue weighted by Gasteiger charge is -2.11. The molecule has 6 heteroatoms. The van der Waals surface area contributed by atoms with Crippen LogP contribution in [-0.4, -0.2) is 22.9 Å². The quantitative estimate of drug-likeness (QED) is 0.787. The van der Waals surface area contributed by atoms with Crippen LogP contribution in [0.3, 0.4) is 0 Å². The summed E-state index contributed by atoms with van der Waals surface area (Å²) in [5.41, 5.74) is 6.93. The van der Waals surface area contributed by atoms with E-state index in [1.165, 1.54) is 13.3 Å². The minimum Gasteiger partial charge on any atom is -0.464 e. The first kappa shape index (κ1) is 14.7. The van der Waals surface area contributed by atoms with Crippen molar-refractivity contribution in [2.24, 2.45) is 0 Å². The first-order valence-corrected chi connectivity index (χ1v) is 5.89. The summed E-state index contributed by atoms with van der Waals surface area (Å²) < 4.78 is 5.30. The molecule has 102 valence electrons. The Kier molecular flexibility index (Phi) is 5.05. The summed E-state index contributed by atoms with van der Waals surface area (Å²) in [6.07, 6.45) is 3.92. The number of amides is 1. The van der Waals surface area contributed by atoms with Crippen LogP contribution in [0.15, 0.2) is 18.9 Å². The summed E-state index contributed by atoms with van der Waals surface area (Å²) in [5.74, 6) is 0.220. The number of ether oxygens (including phenoxy) is 1. The topological polar surface area (TPSA) is 90.1 Å². The number of aromatic nitrogens is 2. The summed E-state index contributed by atoms with van der Waals surface area (Å²) in [6, 6.07) is 0. The molecule has 1 rings (SSSR count). The smallest absolute Gasteiger partial charge is 0.273 e. The lowest BCUT2D eigenvalue weighted by atomic mass is 10.2. The van der Waals surface area contributed by atoms with E-state index in [1.807, 2.05) is 13.0 Å². The van der Waals surface area contributed by atoms with E-state index in [0.29, 0.717) is 17.1 Å². The summed E-state index contributed by atoms with van der Waals surface area (Å²) in [5, 5.41) is 2.46. The van der Waals surface area contributed by atoms with E-state index in [0.717, 1.165) is 6.42 Å². The molecule has 0 saturated carbocycles. The fraction of sp³-hybridized carbons (Fsp3) is 0.308. The van der Waals surface area contributed by atoms with Gasteiger partial charge in [-0.25, -0.2) is 9.97 Å². The van der Waals surface area contributed by atoms with Crippen LogP contribution in [0.25, 0.3) is 5.76 Å². The highest BCUT2D eigenvalue weighted by Gasteiger charge is 2.17. The average molecular weight is 262 g/mol. The standard InChI is InChI=1S/C13H18N4O2/c1-5-7-9(19-6-2)10-8(3)16-11(12(14)17-10)13(18)15-4/h6-7H,2,5H2,1,3-4H3,(H2,14,17)(H,15,18)/b9-7+. The summed E-state index contributed by atoms with van der Waals surface area (Å²) in [4.78, 5) is 19.9. The van der Waals surface area contributed by atoms with Crippen molar-refractivity contribution in [3.05, 3.63) is 36.0 Å². The van der Waals surface area contributed by atoms with Crippen molar-refractivity contribution in [3.63, 3.8) is 0 Å². The Morgan fingerprint density at radius 3 is 2.68 bits per heavy atom. The molecule has 6 nitrogen and oxygen atoms in total. The molecule has 0 saturated heterocycles. The zero-order chi connectivity index (χ0) is 14.4. The van der Waals surface area contributed by atoms with Gasteiger partial charge in [0.25, 0.3) is 5.91 Å². The number of anilines is 1. The molecule has 0 unspecified atom stereocenters. The number of nitrogens with one attached hydrogen (secondary N) is 1. The first-order chi connectivity index (χ1) is 9.04. The van der Waals surface area contributed by atoms with Crippen LogP contribution in [0.4, 0.5) is 5.82 Å². The van der Waals surface area contributed by atoms with Crippen LogP contribution in [-0.2, 0) is 4.74 Å². The normalized spacial score (nSPS) is 11.0. The Morgan fingerprint density at radius 1 is 1.47 bits per heavy atom. The molecule has 1 aromatic heterocycles. The molecule has 19 heavy (non-hydrogen) atoms. The molecule has 0 radical (unpaired) electrons. The molecular weight excluding hydrogens is 244 g/mol. The van der Waals surface area contributed by atoms with E-state index in [2.05, 4.69) is 21.9 Å². The van der Waals surface area contributed by atoms with Gasteiger partial charge < -0.3 is 15.8 Å². The minimum atomic E-state index is -0.370. The molecule has 0 aliphatic carbocycles. The number of nitrogen functional groups attached to an aromatic ring is 1. The molecule has 0 fully saturated rings. The van der Waals surface area contributed by atoms with Crippen molar-refractivity contribution < 1.29 is 9.53 Å². The number of aryl methyl sites for hydroxylation is 1. The third-order valence-electron chi connectivity index (χ3n) is 2.37. The number of rotatable bonds is 5. The van der Waals surface area contributed by atoms with Crippen LogP contribution in [0.5, 0.6) is 0 Å². The molecular formula is C13H18N4O2. The fourth-order valence-electron chi connectivity index (χ4n) is 1.53. The first-order valence-electron chi connectivity index (χ1n) is 5.89. The van der Waals surface area contributed by atoms with Crippen molar-refractivity contribution >= 4 is 17.5 Å². The van der Waals surface area contributed by atoms with E-state index >= 15 is 0 Å². The van der Waals surface area contributed by atoms with Crippen LogP contribution in [0.1, 0.15) is 35.2 Å². The molecule has 1 aromatic rings. The molecule has 0 spiro atoms. The summed E-state index contributed by atoms with van der Waals surface area (Å²) >= 11 is 0. The van der Waals surface area contributed by atoms with Crippen LogP contribution >= 0.6 is 0 Å². The van der Waals surface area contributed by atoms with Crippen molar-refractivity contribution in [2.45, 2.75) is 20.3 Å². The maximum absolute atomic E-state index is 11.6. The predicted octanol–water partition coefficient (Wildman–Crippen LogP) is 1.64. The van der Waals surface area contributed by atoms with Crippen LogP contribution in [0, 0.1) is 6.92 Å². The van der Waals surface area contributed by atoms with Gasteiger partial charge in [-0.1, -0.05) is 13.5 Å². The van der Waals surface area contributed by atoms with Gasteiger partial charge in [-0.2, -0.15) is 0 Å². The number of hydrogen-bond acceptors (Lipinski definition) is 5. The molecule has 1 heterocycles. The third-order valence-corrected chi connectivity index (χ3v) is 2.37. The highest BCUT2D eigenvalue weighted by atomic mass is 16.5. The van der Waals surface area contributed by atoms with Gasteiger partial charge in [-0.3, -0.25) is 4.79 Å². The summed E-state index contributed by atoms with van der Waals surface area (Å²) in [6.45, 7) is 7.22. The van der Waals surface area contributed by atoms with Gasteiger partial charge >= 0.3 is 0 Å². The molecule has 0 atom stereocenters. The van der Waals surface area contributed by atoms with E-state index in [9.17, 15) is 4.79 Å². The Balaban J connectivity index is 3.31. The van der Waals surface area contributed by atoms with Crippen LogP contribution in [0.2, 0.25) is 0 Å². The van der Waals surface area contributed by atoms with E-state index in [-0.39, 0.29) is 17.4 Å². The Hall–Kier alpha value is -2.37. The Morgan fingerprint density at radius 2 is 2.16 bits per heavy atom. The Bertz CT molecular complexity index is 524. The van der Waals surface area contributed by atoms with Gasteiger partial charge in [0.2, 0.25) is 0 Å². The second-order valence-corrected chi connectivity index (χ2v) is 3.73. The van der Waals surface area contributed by atoms with Gasteiger partial charge in [0.05, 0.1) is 12.0 Å². The largest absolute Gasteiger partial charge is 0.464 e. The lowest BCUT2D eigenvalue weighted by Crippen LogP contribution is -2.22. The highest BCUT2D eigenvalue weighted by Crippen LogP contribution is 2.20. The van der Waals surface area contributed by atoms with Gasteiger partial charge in [-0.05, 0) is 19.4 Å². The van der Waals surface area contributed by atoms with Crippen molar-refractivity contribution in [1.82, 2.24) is 15.3 Å². The van der Waals surface area contributed by atoms with Gasteiger partial charge in [0, 0.05) is 7.05 Å². The average Bonchev–Trinajstić information content (AvgIpc) is 2.40. The number of nitrogens with zero attached hydrogens (tertiary/aromatic N) is 2. The maximum Gasteiger partial charge on any atom is 0.273 e. The third kappa shape index (κ3) is 3.31.